The highest BCUT2D eigenvalue weighted by Gasteiger charge is 2.33. The molecule has 1 amide bonds. The number of anilines is 1. The van der Waals surface area contributed by atoms with E-state index in [0.717, 1.165) is 0 Å². The van der Waals surface area contributed by atoms with Crippen molar-refractivity contribution in [2.24, 2.45) is 5.92 Å². The number of hydrogen-bond donors (Lipinski definition) is 0. The van der Waals surface area contributed by atoms with Crippen LogP contribution in [0.2, 0.25) is 0 Å². The number of Topliss-reactive ketones (excluding diaryl/α,β-unsaturated/α-hetero) is 1. The molecule has 0 bridgehead atoms. The molecule has 0 saturated carbocycles. The quantitative estimate of drug-likeness (QED) is 0.615. The molecule has 0 aromatic heterocycles. The van der Waals surface area contributed by atoms with Crippen LogP contribution in [0.4, 0.5) is 9.57 Å². The largest absolute Gasteiger partial charge is 0.312 e. The van der Waals surface area contributed by atoms with E-state index >= 15 is 0 Å². The van der Waals surface area contributed by atoms with E-state index in [4.69, 9.17) is 0 Å². The summed E-state index contributed by atoms with van der Waals surface area (Å²) in [6.07, 6.45) is 0.414. The number of amides is 1. The van der Waals surface area contributed by atoms with Gasteiger partial charge in [-0.25, -0.2) is 0 Å². The first-order chi connectivity index (χ1) is 9.80. The zero-order valence-electron chi connectivity index (χ0n) is 11.6. The third-order valence-electron chi connectivity index (χ3n) is 3.46. The highest BCUT2D eigenvalue weighted by molar-refractivity contribution is 7.86. The molecule has 7 heteroatoms. The van der Waals surface area contributed by atoms with Gasteiger partial charge >= 0.3 is 10.2 Å². The Balaban J connectivity index is 2.12. The topological polar surface area (TPSA) is 71.5 Å². The molecule has 2 rings (SSSR count). The summed E-state index contributed by atoms with van der Waals surface area (Å²) in [5.41, 5.74) is 1.15. The first-order valence-corrected chi connectivity index (χ1v) is 8.21. The molecule has 1 aromatic rings. The lowest BCUT2D eigenvalue weighted by atomic mass is 10.1. The van der Waals surface area contributed by atoms with E-state index < -0.39 is 21.9 Å². The maximum Gasteiger partial charge on any atom is 0.302 e. The summed E-state index contributed by atoms with van der Waals surface area (Å²) in [5.74, 6) is -1.40. The molecule has 1 aliphatic rings. The fourth-order valence-electron chi connectivity index (χ4n) is 2.46. The summed E-state index contributed by atoms with van der Waals surface area (Å²) >= 11 is 0. The van der Waals surface area contributed by atoms with Gasteiger partial charge in [0.15, 0.2) is 5.78 Å². The Morgan fingerprint density at radius 1 is 1.33 bits per heavy atom. The van der Waals surface area contributed by atoms with Crippen molar-refractivity contribution in [2.75, 3.05) is 17.2 Å². The molecule has 1 fully saturated rings. The van der Waals surface area contributed by atoms with Crippen LogP contribution in [-0.2, 0) is 15.0 Å². The van der Waals surface area contributed by atoms with Crippen molar-refractivity contribution >= 4 is 27.6 Å². The molecule has 1 atom stereocenters. The molecule has 1 saturated heterocycles. The average molecular weight is 313 g/mol. The third-order valence-corrected chi connectivity index (χ3v) is 4.33. The van der Waals surface area contributed by atoms with Gasteiger partial charge in [-0.3, -0.25) is 9.59 Å². The molecule has 114 valence electrons. The lowest BCUT2D eigenvalue weighted by Crippen LogP contribution is -2.25. The Morgan fingerprint density at radius 2 is 1.95 bits per heavy atom. The first kappa shape index (κ1) is 15.6. The highest BCUT2D eigenvalue weighted by atomic mass is 32.3. The van der Waals surface area contributed by atoms with E-state index in [1.807, 2.05) is 0 Å². The van der Waals surface area contributed by atoms with Crippen LogP contribution in [0, 0.1) is 5.92 Å². The van der Waals surface area contributed by atoms with Crippen LogP contribution in [-0.4, -0.2) is 32.4 Å². The number of benzene rings is 1. The molecular formula is C14H16FNO4S. The SMILES string of the molecule is CCC(=O)c1ccc(N2CC(CS(=O)(=O)F)CC2=O)cc1. The van der Waals surface area contributed by atoms with Crippen molar-refractivity contribution in [3.8, 4) is 0 Å². The van der Waals surface area contributed by atoms with Gasteiger partial charge in [-0.1, -0.05) is 6.92 Å². The van der Waals surface area contributed by atoms with E-state index in [1.165, 1.54) is 4.90 Å². The summed E-state index contributed by atoms with van der Waals surface area (Å²) in [4.78, 5) is 24.8. The number of halogens is 1. The highest BCUT2D eigenvalue weighted by Crippen LogP contribution is 2.26. The molecule has 21 heavy (non-hydrogen) atoms. The standard InChI is InChI=1S/C14H16FNO4S/c1-2-13(17)11-3-5-12(6-4-11)16-8-10(7-14(16)18)9-21(15,19)20/h3-6,10H,2,7-9H2,1H3. The van der Waals surface area contributed by atoms with Gasteiger partial charge in [0.05, 0.1) is 5.75 Å². The van der Waals surface area contributed by atoms with Gasteiger partial charge in [0.1, 0.15) is 0 Å². The van der Waals surface area contributed by atoms with Crippen LogP contribution in [0.25, 0.3) is 0 Å². The van der Waals surface area contributed by atoms with Gasteiger partial charge in [0.25, 0.3) is 0 Å². The van der Waals surface area contributed by atoms with E-state index in [0.29, 0.717) is 17.7 Å². The Kier molecular flexibility index (Phi) is 4.41. The predicted octanol–water partition coefficient (Wildman–Crippen LogP) is 1.93. The Bertz CT molecular complexity index is 654. The second-order valence-corrected chi connectivity index (χ2v) is 6.51. The molecule has 1 aliphatic heterocycles. The summed E-state index contributed by atoms with van der Waals surface area (Å²) < 4.78 is 34.0. The van der Waals surface area contributed by atoms with E-state index in [9.17, 15) is 21.9 Å². The van der Waals surface area contributed by atoms with Crippen LogP contribution in [0.5, 0.6) is 0 Å². The van der Waals surface area contributed by atoms with Crippen LogP contribution >= 0.6 is 0 Å². The molecule has 1 heterocycles. The predicted molar refractivity (Wildman–Crippen MR) is 76.4 cm³/mol. The van der Waals surface area contributed by atoms with Crippen molar-refractivity contribution in [3.63, 3.8) is 0 Å². The molecule has 0 N–H and O–H groups in total. The zero-order valence-corrected chi connectivity index (χ0v) is 12.4. The maximum absolute atomic E-state index is 12.7. The minimum atomic E-state index is -4.58. The maximum atomic E-state index is 12.7. The fourth-order valence-corrected chi connectivity index (χ4v) is 3.24. The first-order valence-electron chi connectivity index (χ1n) is 6.66. The lowest BCUT2D eigenvalue weighted by molar-refractivity contribution is -0.117. The van der Waals surface area contributed by atoms with Crippen molar-refractivity contribution in [2.45, 2.75) is 19.8 Å². The summed E-state index contributed by atoms with van der Waals surface area (Å²) in [7, 11) is -4.58. The number of hydrogen-bond acceptors (Lipinski definition) is 4. The Hall–Kier alpha value is -1.76. The zero-order chi connectivity index (χ0) is 15.6. The van der Waals surface area contributed by atoms with Gasteiger partial charge in [-0.15, -0.1) is 3.89 Å². The van der Waals surface area contributed by atoms with E-state index in [-0.39, 0.29) is 24.7 Å². The molecule has 5 nitrogen and oxygen atoms in total. The summed E-state index contributed by atoms with van der Waals surface area (Å²) in [6.45, 7) is 1.94. The minimum absolute atomic E-state index is 0.00991. The van der Waals surface area contributed by atoms with Gasteiger partial charge in [0, 0.05) is 36.6 Å². The number of rotatable bonds is 5. The van der Waals surface area contributed by atoms with Gasteiger partial charge in [0.2, 0.25) is 5.91 Å². The van der Waals surface area contributed by atoms with Gasteiger partial charge in [-0.2, -0.15) is 8.42 Å². The number of carbonyl (C=O) groups is 2. The number of carbonyl (C=O) groups excluding carboxylic acids is 2. The van der Waals surface area contributed by atoms with Crippen LogP contribution in [0.15, 0.2) is 24.3 Å². The second-order valence-electron chi connectivity index (χ2n) is 5.10. The van der Waals surface area contributed by atoms with Crippen LogP contribution in [0.3, 0.4) is 0 Å². The van der Waals surface area contributed by atoms with Crippen molar-refractivity contribution in [1.82, 2.24) is 0 Å². The molecule has 1 aromatic carbocycles. The normalized spacial score (nSPS) is 19.0. The smallest absolute Gasteiger partial charge is 0.302 e. The Labute approximate surface area is 123 Å². The van der Waals surface area contributed by atoms with E-state index in [2.05, 4.69) is 0 Å². The van der Waals surface area contributed by atoms with Crippen LogP contribution < -0.4 is 4.90 Å². The van der Waals surface area contributed by atoms with Crippen LogP contribution in [0.1, 0.15) is 30.1 Å². The molecule has 0 spiro atoms. The fraction of sp³-hybridized carbons (Fsp3) is 0.429. The van der Waals surface area contributed by atoms with E-state index in [1.54, 1.807) is 31.2 Å². The molecule has 1 unspecified atom stereocenters. The van der Waals surface area contributed by atoms with Crippen molar-refractivity contribution in [3.05, 3.63) is 29.8 Å². The third kappa shape index (κ3) is 3.87. The molecular weight excluding hydrogens is 297 g/mol. The number of ketones is 1. The number of nitrogens with zero attached hydrogens (tertiary/aromatic N) is 1. The lowest BCUT2D eigenvalue weighted by Gasteiger charge is -2.16. The summed E-state index contributed by atoms with van der Waals surface area (Å²) in [5, 5.41) is 0. The average Bonchev–Trinajstić information content (AvgIpc) is 2.76. The minimum Gasteiger partial charge on any atom is -0.312 e. The summed E-state index contributed by atoms with van der Waals surface area (Å²) in [6, 6.07) is 6.56. The second kappa shape index (κ2) is 5.93. The molecule has 0 radical (unpaired) electrons. The monoisotopic (exact) mass is 313 g/mol. The van der Waals surface area contributed by atoms with Crippen molar-refractivity contribution in [1.29, 1.82) is 0 Å². The molecule has 0 aliphatic carbocycles. The Morgan fingerprint density at radius 3 is 2.48 bits per heavy atom. The van der Waals surface area contributed by atoms with Crippen molar-refractivity contribution < 1.29 is 21.9 Å². The van der Waals surface area contributed by atoms with Gasteiger partial charge < -0.3 is 4.90 Å². The van der Waals surface area contributed by atoms with Gasteiger partial charge in [-0.05, 0) is 24.3 Å².